The van der Waals surface area contributed by atoms with Crippen molar-refractivity contribution in [3.63, 3.8) is 0 Å². The van der Waals surface area contributed by atoms with E-state index >= 15 is 0 Å². The third-order valence-electron chi connectivity index (χ3n) is 5.46. The largest absolute Gasteiger partial charge is 0.478 e. The van der Waals surface area contributed by atoms with E-state index in [1.807, 2.05) is 63.6 Å². The molecule has 41 heavy (non-hydrogen) atoms. The zero-order valence-corrected chi connectivity index (χ0v) is 25.6. The fourth-order valence-electron chi connectivity index (χ4n) is 3.06. The lowest BCUT2D eigenvalue weighted by Gasteiger charge is -2.09. The molecule has 3 aromatic heterocycles. The zero-order chi connectivity index (χ0) is 29.2. The van der Waals surface area contributed by atoms with E-state index in [-0.39, 0.29) is 21.0 Å². The Labute approximate surface area is 251 Å². The first-order chi connectivity index (χ1) is 18.6. The third-order valence-corrected chi connectivity index (χ3v) is 5.46. The number of rotatable bonds is 11. The lowest BCUT2D eigenvalue weighted by Crippen LogP contribution is -2.06. The van der Waals surface area contributed by atoms with Gasteiger partial charge in [0.2, 0.25) is 17.6 Å². The van der Waals surface area contributed by atoms with Crippen molar-refractivity contribution in [3.8, 4) is 17.6 Å². The molecule has 3 heterocycles. The molecule has 0 bridgehead atoms. The summed E-state index contributed by atoms with van der Waals surface area (Å²) < 4.78 is 20.9. The number of ether oxygens (including phenoxy) is 4. The van der Waals surface area contributed by atoms with E-state index < -0.39 is 0 Å². The Hall–Kier alpha value is -3.19. The highest BCUT2D eigenvalue weighted by molar-refractivity contribution is 5.21. The molecule has 0 saturated heterocycles. The monoisotopic (exact) mass is 571 g/mol. The van der Waals surface area contributed by atoms with Crippen molar-refractivity contribution in [1.29, 1.82) is 0 Å². The molecule has 0 aliphatic rings. The minimum absolute atomic E-state index is 0. The first kappa shape index (κ1) is 40.0. The maximum atomic E-state index is 5.44. The summed E-state index contributed by atoms with van der Waals surface area (Å²) in [6.07, 6.45) is 5.79. The van der Waals surface area contributed by atoms with Gasteiger partial charge in [0, 0.05) is 43.9 Å². The Bertz CT molecular complexity index is 1000. The van der Waals surface area contributed by atoms with Gasteiger partial charge < -0.3 is 18.9 Å². The van der Waals surface area contributed by atoms with Crippen molar-refractivity contribution >= 4 is 0 Å². The lowest BCUT2D eigenvalue weighted by atomic mass is 10.1. The predicted molar refractivity (Wildman–Crippen MR) is 173 cm³/mol. The number of methoxy groups -OCH3 is 1. The summed E-state index contributed by atoms with van der Waals surface area (Å²) in [5.41, 5.74) is 3.72. The summed E-state index contributed by atoms with van der Waals surface area (Å²) in [5.74, 6) is 3.65. The Morgan fingerprint density at radius 1 is 0.561 bits per heavy atom. The molecule has 0 fully saturated rings. The second kappa shape index (κ2) is 22.5. The van der Waals surface area contributed by atoms with Crippen LogP contribution in [0.4, 0.5) is 0 Å². The quantitative estimate of drug-likeness (QED) is 0.212. The van der Waals surface area contributed by atoms with Crippen LogP contribution in [0.15, 0.2) is 55.0 Å². The van der Waals surface area contributed by atoms with E-state index in [4.69, 9.17) is 18.9 Å². The van der Waals surface area contributed by atoms with Gasteiger partial charge in [-0.05, 0) is 55.2 Å². The average Bonchev–Trinajstić information content (AvgIpc) is 2.90. The van der Waals surface area contributed by atoms with Gasteiger partial charge in [-0.1, -0.05) is 74.6 Å². The molecule has 0 aromatic carbocycles. The molecule has 232 valence electrons. The molecule has 0 N–H and O–H groups in total. The Morgan fingerprint density at radius 3 is 1.24 bits per heavy atom. The van der Waals surface area contributed by atoms with Crippen molar-refractivity contribution in [1.82, 2.24) is 15.0 Å². The van der Waals surface area contributed by atoms with Gasteiger partial charge in [-0.15, -0.1) is 0 Å². The highest BCUT2D eigenvalue weighted by Gasteiger charge is 2.02. The first-order valence-electron chi connectivity index (χ1n) is 13.9. The van der Waals surface area contributed by atoms with E-state index in [0.717, 1.165) is 0 Å². The maximum absolute atomic E-state index is 5.44. The van der Waals surface area contributed by atoms with Gasteiger partial charge in [0.15, 0.2) is 0 Å². The van der Waals surface area contributed by atoms with Crippen LogP contribution in [0, 0.1) is 0 Å². The minimum Gasteiger partial charge on any atom is -0.478 e. The molecular formula is C34H57N3O4. The normalized spacial score (nSPS) is 10.1. The fourth-order valence-corrected chi connectivity index (χ4v) is 3.06. The molecule has 7 nitrogen and oxygen atoms in total. The van der Waals surface area contributed by atoms with E-state index in [9.17, 15) is 0 Å². The van der Waals surface area contributed by atoms with Crippen molar-refractivity contribution in [2.45, 2.75) is 101 Å². The summed E-state index contributed by atoms with van der Waals surface area (Å²) in [5, 5.41) is 0. The molecule has 0 amide bonds. The standard InChI is InChI=1S/C11H17NO2.C11H17NO.C10H15NO.2CH4/c1-9(2)10-4-5-11(12-8-10)14-7-6-13-3;1-8(2)10-5-6-11(12-7-10)13-9(3)4;1-4-12-10-6-5-9(7-11-10)8(2)3;;/h4-5,8-9H,6-7H2,1-3H3;5-9H,1-4H3;5-8H,4H2,1-3H3;2*1H4. The van der Waals surface area contributed by atoms with Crippen LogP contribution in [0.1, 0.15) is 112 Å². The van der Waals surface area contributed by atoms with Crippen LogP contribution in [0.5, 0.6) is 17.6 Å². The van der Waals surface area contributed by atoms with Gasteiger partial charge in [-0.25, -0.2) is 15.0 Å². The molecule has 0 unspecified atom stereocenters. The topological polar surface area (TPSA) is 75.6 Å². The van der Waals surface area contributed by atoms with Gasteiger partial charge in [0.05, 0.1) is 19.3 Å². The Balaban J connectivity index is 0. The van der Waals surface area contributed by atoms with E-state index in [0.29, 0.717) is 55.2 Å². The fraction of sp³-hybridized carbons (Fsp3) is 0.559. The molecule has 3 aromatic rings. The number of nitrogens with zero attached hydrogens (tertiary/aromatic N) is 3. The second-order valence-electron chi connectivity index (χ2n) is 10.2. The minimum atomic E-state index is 0. The molecule has 3 rings (SSSR count). The van der Waals surface area contributed by atoms with Gasteiger partial charge in [0.25, 0.3) is 0 Å². The summed E-state index contributed by atoms with van der Waals surface area (Å²) in [4.78, 5) is 12.6. The van der Waals surface area contributed by atoms with Crippen molar-refractivity contribution in [2.24, 2.45) is 0 Å². The summed E-state index contributed by atoms with van der Waals surface area (Å²) in [6, 6.07) is 11.9. The number of pyridine rings is 3. The van der Waals surface area contributed by atoms with Gasteiger partial charge in [-0.3, -0.25) is 0 Å². The highest BCUT2D eigenvalue weighted by atomic mass is 16.5. The Kier molecular flexibility index (Phi) is 21.9. The number of hydrogen-bond acceptors (Lipinski definition) is 7. The Morgan fingerprint density at radius 2 is 0.951 bits per heavy atom. The van der Waals surface area contributed by atoms with E-state index in [2.05, 4.69) is 68.6 Å². The maximum Gasteiger partial charge on any atom is 0.213 e. The molecular weight excluding hydrogens is 514 g/mol. The van der Waals surface area contributed by atoms with Crippen LogP contribution >= 0.6 is 0 Å². The van der Waals surface area contributed by atoms with Crippen LogP contribution in [-0.4, -0.2) is 48.0 Å². The van der Waals surface area contributed by atoms with Crippen molar-refractivity contribution in [3.05, 3.63) is 71.7 Å². The average molecular weight is 572 g/mol. The molecule has 0 aliphatic carbocycles. The number of aromatic nitrogens is 3. The van der Waals surface area contributed by atoms with Crippen LogP contribution in [-0.2, 0) is 4.74 Å². The SMILES string of the molecule is C.C.CC(C)Oc1ccc(C(C)C)cn1.CCOc1ccc(C(C)C)cn1.COCCOc1ccc(C(C)C)cn1. The van der Waals surface area contributed by atoms with Crippen molar-refractivity contribution < 1.29 is 18.9 Å². The molecule has 0 aliphatic heterocycles. The van der Waals surface area contributed by atoms with E-state index in [1.54, 1.807) is 7.11 Å². The predicted octanol–water partition coefficient (Wildman–Crippen LogP) is 9.10. The van der Waals surface area contributed by atoms with Gasteiger partial charge >= 0.3 is 0 Å². The lowest BCUT2D eigenvalue weighted by molar-refractivity contribution is 0.143. The smallest absolute Gasteiger partial charge is 0.213 e. The second-order valence-corrected chi connectivity index (χ2v) is 10.2. The molecule has 0 radical (unpaired) electrons. The van der Waals surface area contributed by atoms with Crippen LogP contribution in [0.3, 0.4) is 0 Å². The van der Waals surface area contributed by atoms with Crippen molar-refractivity contribution in [2.75, 3.05) is 26.9 Å². The van der Waals surface area contributed by atoms with Crippen LogP contribution in [0.25, 0.3) is 0 Å². The first-order valence-corrected chi connectivity index (χ1v) is 13.9. The van der Waals surface area contributed by atoms with Crippen LogP contribution < -0.4 is 14.2 Å². The summed E-state index contributed by atoms with van der Waals surface area (Å²) in [7, 11) is 1.65. The molecule has 7 heteroatoms. The number of hydrogen-bond donors (Lipinski definition) is 0. The van der Waals surface area contributed by atoms with Crippen LogP contribution in [0.2, 0.25) is 0 Å². The molecule has 0 atom stereocenters. The zero-order valence-electron chi connectivity index (χ0n) is 25.6. The van der Waals surface area contributed by atoms with E-state index in [1.165, 1.54) is 16.7 Å². The molecule has 0 saturated carbocycles. The summed E-state index contributed by atoms with van der Waals surface area (Å²) >= 11 is 0. The summed E-state index contributed by atoms with van der Waals surface area (Å²) in [6.45, 7) is 20.7. The van der Waals surface area contributed by atoms with Gasteiger partial charge in [-0.2, -0.15) is 0 Å². The third kappa shape index (κ3) is 17.3. The highest BCUT2D eigenvalue weighted by Crippen LogP contribution is 2.17. The molecule has 0 spiro atoms. The van der Waals surface area contributed by atoms with Gasteiger partial charge in [0.1, 0.15) is 6.61 Å².